The molecule has 26 heavy (non-hydrogen) atoms. The summed E-state index contributed by atoms with van der Waals surface area (Å²) in [7, 11) is 0. The summed E-state index contributed by atoms with van der Waals surface area (Å²) in [6.07, 6.45) is 5.52. The molecular formula is C18H18ClN5O2. The van der Waals surface area contributed by atoms with Crippen molar-refractivity contribution in [2.45, 2.75) is 43.9 Å². The fourth-order valence-corrected chi connectivity index (χ4v) is 3.84. The van der Waals surface area contributed by atoms with Crippen molar-refractivity contribution in [2.75, 3.05) is 5.32 Å². The molecule has 0 radical (unpaired) electrons. The summed E-state index contributed by atoms with van der Waals surface area (Å²) in [6.45, 7) is 0. The van der Waals surface area contributed by atoms with E-state index in [4.69, 9.17) is 21.6 Å². The van der Waals surface area contributed by atoms with Crippen molar-refractivity contribution in [3.63, 3.8) is 0 Å². The van der Waals surface area contributed by atoms with E-state index in [9.17, 15) is 5.11 Å². The molecule has 8 heteroatoms. The van der Waals surface area contributed by atoms with Gasteiger partial charge in [0.25, 0.3) is 5.88 Å². The van der Waals surface area contributed by atoms with E-state index < -0.39 is 0 Å². The molecule has 134 valence electrons. The van der Waals surface area contributed by atoms with E-state index >= 15 is 0 Å². The maximum absolute atomic E-state index is 10.5. The van der Waals surface area contributed by atoms with Gasteiger partial charge in [-0.1, -0.05) is 11.6 Å². The summed E-state index contributed by atoms with van der Waals surface area (Å²) in [5, 5.41) is 26.3. The summed E-state index contributed by atoms with van der Waals surface area (Å²) in [5.74, 6) is 0.218. The van der Waals surface area contributed by atoms with Gasteiger partial charge in [0.15, 0.2) is 5.82 Å². The lowest BCUT2D eigenvalue weighted by atomic mass is 10.0. The zero-order valence-corrected chi connectivity index (χ0v) is 14.7. The highest BCUT2D eigenvalue weighted by Gasteiger charge is 2.35. The Hall–Kier alpha value is -2.56. The Morgan fingerprint density at radius 3 is 2.73 bits per heavy atom. The Labute approximate surface area is 156 Å². The van der Waals surface area contributed by atoms with Crippen molar-refractivity contribution < 1.29 is 9.84 Å². The summed E-state index contributed by atoms with van der Waals surface area (Å²) in [5.41, 5.74) is 0.988. The fourth-order valence-electron chi connectivity index (χ4n) is 3.61. The monoisotopic (exact) mass is 371 g/mol. The molecule has 2 bridgehead atoms. The van der Waals surface area contributed by atoms with Gasteiger partial charge in [0.05, 0.1) is 22.3 Å². The second-order valence-electron chi connectivity index (χ2n) is 6.66. The third-order valence-electron chi connectivity index (χ3n) is 4.85. The minimum absolute atomic E-state index is 0.0286. The first kappa shape index (κ1) is 16.9. The van der Waals surface area contributed by atoms with Crippen molar-refractivity contribution >= 4 is 23.1 Å². The number of nitrogens with one attached hydrogen (secondary N) is 2. The highest BCUT2D eigenvalue weighted by molar-refractivity contribution is 6.33. The molecule has 0 aliphatic carbocycles. The number of nitriles is 1. The van der Waals surface area contributed by atoms with Gasteiger partial charge in [0.1, 0.15) is 12.4 Å². The molecule has 1 aromatic heterocycles. The number of piperidine rings is 1. The second kappa shape index (κ2) is 6.98. The van der Waals surface area contributed by atoms with Crippen molar-refractivity contribution in [2.24, 2.45) is 0 Å². The lowest BCUT2D eigenvalue weighted by Gasteiger charge is -2.29. The number of fused-ring (bicyclic) bond motifs is 2. The molecule has 2 aliphatic heterocycles. The van der Waals surface area contributed by atoms with Crippen LogP contribution in [0.5, 0.6) is 11.6 Å². The van der Waals surface area contributed by atoms with Crippen LogP contribution in [0.3, 0.4) is 0 Å². The average Bonchev–Trinajstić information content (AvgIpc) is 2.98. The molecule has 2 saturated heterocycles. The highest BCUT2D eigenvalue weighted by atomic mass is 35.5. The molecule has 2 atom stereocenters. The van der Waals surface area contributed by atoms with Gasteiger partial charge in [-0.05, 0) is 43.9 Å². The summed E-state index contributed by atoms with van der Waals surface area (Å²) in [6, 6.07) is 7.83. The number of rotatable bonds is 4. The van der Waals surface area contributed by atoms with Gasteiger partial charge in [0, 0.05) is 12.1 Å². The first-order valence-electron chi connectivity index (χ1n) is 8.55. The predicted molar refractivity (Wildman–Crippen MR) is 96.7 cm³/mol. The average molecular weight is 372 g/mol. The molecule has 4 rings (SSSR count). The number of aromatic nitrogens is 2. The fraction of sp³-hybridized carbons (Fsp3) is 0.389. The van der Waals surface area contributed by atoms with E-state index in [1.165, 1.54) is 19.2 Å². The van der Waals surface area contributed by atoms with Crippen LogP contribution in [0.1, 0.15) is 31.2 Å². The van der Waals surface area contributed by atoms with Crippen LogP contribution in [-0.2, 0) is 0 Å². The number of hydrogen-bond acceptors (Lipinski definition) is 7. The molecule has 2 unspecified atom stereocenters. The smallest absolute Gasteiger partial charge is 0.262 e. The molecular weight excluding hydrogens is 354 g/mol. The Morgan fingerprint density at radius 1 is 1.27 bits per heavy atom. The van der Waals surface area contributed by atoms with Gasteiger partial charge >= 0.3 is 0 Å². The third kappa shape index (κ3) is 3.39. The number of aromatic hydroxyl groups is 1. The van der Waals surface area contributed by atoms with E-state index in [2.05, 4.69) is 20.6 Å². The first-order valence-corrected chi connectivity index (χ1v) is 8.93. The van der Waals surface area contributed by atoms with Crippen LogP contribution in [-0.4, -0.2) is 33.3 Å². The molecule has 2 aromatic rings. The van der Waals surface area contributed by atoms with Gasteiger partial charge in [0.2, 0.25) is 5.75 Å². The quantitative estimate of drug-likeness (QED) is 0.758. The Kier molecular flexibility index (Phi) is 4.53. The summed E-state index contributed by atoms with van der Waals surface area (Å²) >= 11 is 6.17. The summed E-state index contributed by atoms with van der Waals surface area (Å²) < 4.78 is 5.95. The number of hydrogen-bond donors (Lipinski definition) is 3. The highest BCUT2D eigenvalue weighted by Crippen LogP contribution is 2.36. The molecule has 3 N–H and O–H groups in total. The molecule has 3 heterocycles. The van der Waals surface area contributed by atoms with Crippen LogP contribution in [0.2, 0.25) is 5.02 Å². The van der Waals surface area contributed by atoms with Crippen LogP contribution in [0.25, 0.3) is 0 Å². The number of halogens is 1. The van der Waals surface area contributed by atoms with Crippen LogP contribution >= 0.6 is 11.6 Å². The van der Waals surface area contributed by atoms with Crippen molar-refractivity contribution in [3.8, 4) is 17.7 Å². The number of nitrogens with zero attached hydrogens (tertiary/aromatic N) is 3. The molecule has 0 amide bonds. The lowest BCUT2D eigenvalue weighted by Crippen LogP contribution is -2.42. The Morgan fingerprint density at radius 2 is 2.04 bits per heavy atom. The predicted octanol–water partition coefficient (Wildman–Crippen LogP) is 3.11. The van der Waals surface area contributed by atoms with E-state index in [0.29, 0.717) is 28.4 Å². The maximum atomic E-state index is 10.5. The van der Waals surface area contributed by atoms with Gasteiger partial charge in [-0.15, -0.1) is 0 Å². The van der Waals surface area contributed by atoms with Gasteiger partial charge in [-0.25, -0.2) is 4.98 Å². The zero-order chi connectivity index (χ0) is 18.1. The number of ether oxygens (including phenoxy) is 1. The normalized spacial score (nSPS) is 24.1. The van der Waals surface area contributed by atoms with Crippen LogP contribution in [0.4, 0.5) is 11.5 Å². The molecule has 7 nitrogen and oxygen atoms in total. The maximum Gasteiger partial charge on any atom is 0.262 e. The molecule has 2 aliphatic rings. The minimum Gasteiger partial charge on any atom is -0.501 e. The standard InChI is InChI=1S/C18H18ClN5O2/c19-14-5-10(8-20)1-4-15(14)24-17-16(25)18(22-9-21-17)26-13-6-11-2-3-12(7-13)23-11/h1,4-5,9,11-13,23,25H,2-3,6-7H2,(H,21,22,24). The van der Waals surface area contributed by atoms with Crippen molar-refractivity contribution in [1.29, 1.82) is 5.26 Å². The number of benzene rings is 1. The van der Waals surface area contributed by atoms with Gasteiger partial charge < -0.3 is 20.5 Å². The topological polar surface area (TPSA) is 103 Å². The minimum atomic E-state index is -0.154. The van der Waals surface area contributed by atoms with E-state index in [0.717, 1.165) is 12.8 Å². The van der Waals surface area contributed by atoms with Crippen molar-refractivity contribution in [1.82, 2.24) is 15.3 Å². The molecule has 0 spiro atoms. The Bertz CT molecular complexity index is 857. The zero-order valence-electron chi connectivity index (χ0n) is 13.9. The molecule has 1 aromatic carbocycles. The second-order valence-corrected chi connectivity index (χ2v) is 7.06. The number of anilines is 2. The third-order valence-corrected chi connectivity index (χ3v) is 5.16. The van der Waals surface area contributed by atoms with Gasteiger partial charge in [-0.2, -0.15) is 10.2 Å². The first-order chi connectivity index (χ1) is 12.6. The van der Waals surface area contributed by atoms with E-state index in [1.807, 2.05) is 6.07 Å². The molecule has 0 saturated carbocycles. The Balaban J connectivity index is 1.51. The van der Waals surface area contributed by atoms with E-state index in [-0.39, 0.29) is 23.6 Å². The lowest BCUT2D eigenvalue weighted by molar-refractivity contribution is 0.127. The largest absolute Gasteiger partial charge is 0.501 e. The molecule has 2 fully saturated rings. The van der Waals surface area contributed by atoms with Gasteiger partial charge in [-0.3, -0.25) is 0 Å². The van der Waals surface area contributed by atoms with Crippen LogP contribution in [0.15, 0.2) is 24.5 Å². The summed E-state index contributed by atoms with van der Waals surface area (Å²) in [4.78, 5) is 8.14. The van der Waals surface area contributed by atoms with E-state index in [1.54, 1.807) is 18.2 Å². The van der Waals surface area contributed by atoms with Crippen LogP contribution in [0, 0.1) is 11.3 Å². The van der Waals surface area contributed by atoms with Crippen LogP contribution < -0.4 is 15.4 Å². The SMILES string of the molecule is N#Cc1ccc(Nc2ncnc(OC3CC4CCC(C3)N4)c2O)c(Cl)c1. The van der Waals surface area contributed by atoms with Crippen molar-refractivity contribution in [3.05, 3.63) is 35.1 Å².